The molecule has 3 heterocycles. The molecule has 0 spiro atoms. The second kappa shape index (κ2) is 7.07. The second-order valence-corrected chi connectivity index (χ2v) is 11.6. The number of fused-ring (bicyclic) bond motifs is 2. The van der Waals surface area contributed by atoms with E-state index >= 15 is 0 Å². The van der Waals surface area contributed by atoms with E-state index in [0.717, 1.165) is 24.8 Å². The van der Waals surface area contributed by atoms with E-state index in [4.69, 9.17) is 30.0 Å². The van der Waals surface area contributed by atoms with Gasteiger partial charge in [-0.3, -0.25) is 4.79 Å². The fraction of sp³-hybridized carbons (Fsp3) is 0.455. The molecule has 10 heteroatoms. The van der Waals surface area contributed by atoms with Crippen LogP contribution in [0.5, 0.6) is 0 Å². The Morgan fingerprint density at radius 2 is 2.12 bits per heavy atom. The van der Waals surface area contributed by atoms with Crippen LogP contribution in [-0.2, 0) is 19.9 Å². The minimum Gasteiger partial charge on any atom is -0.441 e. The van der Waals surface area contributed by atoms with Gasteiger partial charge in [0.15, 0.2) is 16.4 Å². The number of furan rings is 1. The molecule has 2 N–H and O–H groups in total. The molecule has 1 saturated heterocycles. The molecular weight excluding hydrogens is 454 g/mol. The molecule has 0 bridgehead atoms. The highest BCUT2D eigenvalue weighted by Crippen LogP contribution is 2.62. The van der Waals surface area contributed by atoms with Crippen molar-refractivity contribution in [1.82, 2.24) is 10.3 Å². The van der Waals surface area contributed by atoms with Gasteiger partial charge in [-0.25, -0.2) is 14.0 Å². The lowest BCUT2D eigenvalue weighted by atomic mass is 9.45. The van der Waals surface area contributed by atoms with Crippen LogP contribution in [0.25, 0.3) is 11.1 Å². The minimum atomic E-state index is -3.08. The number of ether oxygens (including phenoxy) is 1. The summed E-state index contributed by atoms with van der Waals surface area (Å²) in [7, 11) is -3.08. The maximum atomic E-state index is 12.7. The third kappa shape index (κ3) is 3.09. The van der Waals surface area contributed by atoms with Crippen LogP contribution in [0.4, 0.5) is 0 Å². The van der Waals surface area contributed by atoms with E-state index in [9.17, 15) is 9.00 Å². The van der Waals surface area contributed by atoms with E-state index in [1.54, 1.807) is 12.1 Å². The molecule has 168 valence electrons. The van der Waals surface area contributed by atoms with Crippen molar-refractivity contribution in [2.75, 3.05) is 19.0 Å². The zero-order valence-corrected chi connectivity index (χ0v) is 18.7. The maximum Gasteiger partial charge on any atom is 0.287 e. The number of benzene rings is 1. The normalized spacial score (nSPS) is 28.8. The highest BCUT2D eigenvalue weighted by molar-refractivity contribution is 7.92. The lowest BCUT2D eigenvalue weighted by Gasteiger charge is -2.61. The smallest absolute Gasteiger partial charge is 0.287 e. The Morgan fingerprint density at radius 3 is 2.81 bits per heavy atom. The summed E-state index contributed by atoms with van der Waals surface area (Å²) in [6.07, 6.45) is 2.70. The van der Waals surface area contributed by atoms with Crippen molar-refractivity contribution >= 4 is 38.3 Å². The van der Waals surface area contributed by atoms with Crippen LogP contribution < -0.4 is 5.32 Å². The summed E-state index contributed by atoms with van der Waals surface area (Å²) < 4.78 is 37.5. The van der Waals surface area contributed by atoms with Gasteiger partial charge in [0.25, 0.3) is 5.91 Å². The lowest BCUT2D eigenvalue weighted by Crippen LogP contribution is -2.67. The molecule has 3 aromatic rings. The van der Waals surface area contributed by atoms with Crippen LogP contribution in [0.1, 0.15) is 35.7 Å². The Hall–Kier alpha value is -2.36. The Labute approximate surface area is 189 Å². The second-order valence-electron chi connectivity index (χ2n) is 9.08. The van der Waals surface area contributed by atoms with Crippen molar-refractivity contribution < 1.29 is 22.6 Å². The quantitative estimate of drug-likeness (QED) is 0.556. The molecule has 0 radical (unpaired) electrons. The highest BCUT2D eigenvalue weighted by atomic mass is 35.5. The van der Waals surface area contributed by atoms with Gasteiger partial charge in [0.2, 0.25) is 5.89 Å². The van der Waals surface area contributed by atoms with Crippen LogP contribution in [0.15, 0.2) is 44.3 Å². The summed E-state index contributed by atoms with van der Waals surface area (Å²) in [6, 6.07) is 8.37. The third-order valence-electron chi connectivity index (χ3n) is 7.08. The van der Waals surface area contributed by atoms with E-state index in [2.05, 4.69) is 10.3 Å². The molecule has 1 amide bonds. The zero-order chi connectivity index (χ0) is 22.1. The number of nitrogens with zero attached hydrogens (tertiary/aromatic N) is 1. The molecule has 1 aliphatic heterocycles. The third-order valence-corrected chi connectivity index (χ3v) is 9.13. The van der Waals surface area contributed by atoms with Gasteiger partial charge in [-0.05, 0) is 55.5 Å². The molecule has 2 aliphatic carbocycles. The maximum absolute atomic E-state index is 12.7. The summed E-state index contributed by atoms with van der Waals surface area (Å²) >= 11 is 6.06. The molecule has 3 fully saturated rings. The standard InChI is InChI=1S/C22H22ClN3O5S/c23-13-1-2-17-15(7-13)26-21(31-17)22-6-5-14(22)16(8-22)25-20(27)18-3-4-19(30-18)32(24,28)11-12-9-29-10-12/h1-4,7,12,14,16,24H,5-6,8-11H2,(H,25,27). The summed E-state index contributed by atoms with van der Waals surface area (Å²) in [5, 5.41) is 3.70. The molecule has 6 rings (SSSR count). The average Bonchev–Trinajstić information content (AvgIpc) is 3.35. The Balaban J connectivity index is 1.13. The van der Waals surface area contributed by atoms with Gasteiger partial charge in [-0.2, -0.15) is 0 Å². The number of oxazole rings is 1. The molecule has 3 aliphatic rings. The van der Waals surface area contributed by atoms with Gasteiger partial charge in [-0.1, -0.05) is 11.6 Å². The number of nitrogens with one attached hydrogen (secondary N) is 2. The predicted octanol–water partition coefficient (Wildman–Crippen LogP) is 3.98. The van der Waals surface area contributed by atoms with Crippen LogP contribution >= 0.6 is 11.6 Å². The molecular formula is C22H22ClN3O5S. The molecule has 2 aromatic heterocycles. The Morgan fingerprint density at radius 1 is 1.28 bits per heavy atom. The fourth-order valence-corrected chi connectivity index (χ4v) is 6.84. The van der Waals surface area contributed by atoms with Crippen LogP contribution in [0, 0.1) is 16.6 Å². The first-order valence-electron chi connectivity index (χ1n) is 10.7. The number of halogens is 1. The molecule has 32 heavy (non-hydrogen) atoms. The molecule has 4 unspecified atom stereocenters. The average molecular weight is 476 g/mol. The van der Waals surface area contributed by atoms with E-state index in [1.165, 1.54) is 12.1 Å². The van der Waals surface area contributed by atoms with Crippen molar-refractivity contribution in [3.63, 3.8) is 0 Å². The van der Waals surface area contributed by atoms with Crippen LogP contribution in [0.2, 0.25) is 5.02 Å². The monoisotopic (exact) mass is 475 g/mol. The van der Waals surface area contributed by atoms with E-state index < -0.39 is 9.73 Å². The molecule has 4 atom stereocenters. The topological polar surface area (TPSA) is 118 Å². The van der Waals surface area contributed by atoms with Gasteiger partial charge in [-0.15, -0.1) is 0 Å². The summed E-state index contributed by atoms with van der Waals surface area (Å²) in [4.78, 5) is 17.4. The minimum absolute atomic E-state index is 0.00381. The summed E-state index contributed by atoms with van der Waals surface area (Å²) in [5.41, 5.74) is 1.32. The number of hydrogen-bond acceptors (Lipinski definition) is 7. The highest BCUT2D eigenvalue weighted by Gasteiger charge is 2.64. The number of carbonyl (C=O) groups excluding carboxylic acids is 1. The van der Waals surface area contributed by atoms with Gasteiger partial charge in [0, 0.05) is 22.7 Å². The van der Waals surface area contributed by atoms with Gasteiger partial charge in [0.05, 0.1) is 18.6 Å². The first-order chi connectivity index (χ1) is 15.3. The van der Waals surface area contributed by atoms with Crippen LogP contribution in [-0.4, -0.2) is 40.1 Å². The van der Waals surface area contributed by atoms with E-state index in [1.807, 2.05) is 6.07 Å². The first-order valence-corrected chi connectivity index (χ1v) is 12.8. The number of rotatable bonds is 6. The molecule has 8 nitrogen and oxygen atoms in total. The number of hydrogen-bond donors (Lipinski definition) is 2. The van der Waals surface area contributed by atoms with Crippen LogP contribution in [0.3, 0.4) is 0 Å². The number of carbonyl (C=O) groups is 1. The van der Waals surface area contributed by atoms with Crippen molar-refractivity contribution in [1.29, 1.82) is 4.78 Å². The zero-order valence-electron chi connectivity index (χ0n) is 17.1. The van der Waals surface area contributed by atoms with Crippen molar-refractivity contribution in [2.24, 2.45) is 11.8 Å². The Bertz CT molecular complexity index is 1330. The van der Waals surface area contributed by atoms with Crippen molar-refractivity contribution in [3.8, 4) is 0 Å². The van der Waals surface area contributed by atoms with Gasteiger partial charge in [0.1, 0.15) is 15.2 Å². The summed E-state index contributed by atoms with van der Waals surface area (Å²) in [5.74, 6) is 0.984. The lowest BCUT2D eigenvalue weighted by molar-refractivity contribution is -0.0507. The number of amides is 1. The van der Waals surface area contributed by atoms with Gasteiger partial charge >= 0.3 is 0 Å². The molecule has 1 aromatic carbocycles. The summed E-state index contributed by atoms with van der Waals surface area (Å²) in [6.45, 7) is 1.03. The number of aromatic nitrogens is 1. The fourth-order valence-electron chi connectivity index (χ4n) is 5.15. The molecule has 2 saturated carbocycles. The predicted molar refractivity (Wildman–Crippen MR) is 116 cm³/mol. The van der Waals surface area contributed by atoms with Crippen molar-refractivity contribution in [3.05, 3.63) is 47.0 Å². The SMILES string of the molecule is N=S(=O)(CC1COC1)c1ccc(C(=O)NC2CC3(c4nc5cc(Cl)ccc5o4)CCC23)o1. The largest absolute Gasteiger partial charge is 0.441 e. The Kier molecular flexibility index (Phi) is 4.48. The van der Waals surface area contributed by atoms with Gasteiger partial charge < -0.3 is 18.9 Å². The van der Waals surface area contributed by atoms with Crippen molar-refractivity contribution in [2.45, 2.75) is 35.8 Å². The van der Waals surface area contributed by atoms with E-state index in [-0.39, 0.29) is 45.8 Å². The van der Waals surface area contributed by atoms with E-state index in [0.29, 0.717) is 29.7 Å². The first kappa shape index (κ1) is 20.3.